The van der Waals surface area contributed by atoms with Crippen LogP contribution < -0.4 is 4.89 Å². The molecule has 30 heavy (non-hydrogen) atoms. The van der Waals surface area contributed by atoms with Gasteiger partial charge >= 0.3 is 0 Å². The first-order chi connectivity index (χ1) is 14.4. The molecule has 3 rings (SSSR count). The molecule has 0 aromatic rings. The van der Waals surface area contributed by atoms with Crippen molar-refractivity contribution >= 4 is 15.1 Å². The van der Waals surface area contributed by atoms with Gasteiger partial charge in [-0.2, -0.15) is 0 Å². The number of hydrogen-bond donors (Lipinski definition) is 0. The Bertz CT molecular complexity index is 441. The molecule has 0 amide bonds. The highest BCUT2D eigenvalue weighted by Crippen LogP contribution is 2.76. The Morgan fingerprint density at radius 2 is 1.03 bits per heavy atom. The Morgan fingerprint density at radius 1 is 0.733 bits per heavy atom. The second-order valence-corrected chi connectivity index (χ2v) is 15.9. The molecule has 6 heteroatoms. The summed E-state index contributed by atoms with van der Waals surface area (Å²) in [6.07, 6.45) is 22.3. The van der Waals surface area contributed by atoms with E-state index in [1.165, 1.54) is 17.0 Å². The molecule has 3 fully saturated rings. The Labute approximate surface area is 187 Å². The summed E-state index contributed by atoms with van der Waals surface area (Å²) in [5.74, 6) is 0. The molecule has 3 aliphatic rings. The first-order valence-corrected chi connectivity index (χ1v) is 16.8. The molecule has 0 radical (unpaired) electrons. The van der Waals surface area contributed by atoms with Crippen LogP contribution in [0.3, 0.4) is 0 Å². The standard InChI is InChI=1S/C16H30P.C8H19O4P/c1-17(14-8-2-3-9-14,15-10-4-5-11-15)16-12-6-7-13-16;1-3-5-7-11-13(9,10)12-8-6-4-2/h14-16H,2-13H2,1H3;3-8H2,1-2H3,(H,9,10)/q+1;/p-1. The van der Waals surface area contributed by atoms with Crippen molar-refractivity contribution in [2.75, 3.05) is 19.9 Å². The summed E-state index contributed by atoms with van der Waals surface area (Å²) in [6.45, 7) is 7.22. The van der Waals surface area contributed by atoms with Gasteiger partial charge in [-0.15, -0.1) is 0 Å². The molecule has 4 nitrogen and oxygen atoms in total. The minimum absolute atomic E-state index is 0.226. The van der Waals surface area contributed by atoms with Gasteiger partial charge in [0.25, 0.3) is 7.82 Å². The van der Waals surface area contributed by atoms with E-state index in [4.69, 9.17) is 0 Å². The minimum Gasteiger partial charge on any atom is -0.756 e. The number of unbranched alkanes of at least 4 members (excludes halogenated alkanes) is 2. The third-order valence-electron chi connectivity index (χ3n) is 7.83. The van der Waals surface area contributed by atoms with Crippen LogP contribution in [0.25, 0.3) is 0 Å². The highest BCUT2D eigenvalue weighted by Gasteiger charge is 2.54. The lowest BCUT2D eigenvalue weighted by atomic mass is 10.3. The van der Waals surface area contributed by atoms with Gasteiger partial charge in [0.1, 0.15) is 0 Å². The fraction of sp³-hybridized carbons (Fsp3) is 1.00. The van der Waals surface area contributed by atoms with Crippen molar-refractivity contribution in [3.05, 3.63) is 0 Å². The molecule has 0 aromatic heterocycles. The van der Waals surface area contributed by atoms with Crippen LogP contribution in [0.15, 0.2) is 0 Å². The molecule has 0 saturated heterocycles. The Balaban J connectivity index is 0.000000224. The fourth-order valence-electron chi connectivity index (χ4n) is 5.95. The van der Waals surface area contributed by atoms with Crippen molar-refractivity contribution in [1.29, 1.82) is 0 Å². The van der Waals surface area contributed by atoms with Crippen molar-refractivity contribution in [3.63, 3.8) is 0 Å². The van der Waals surface area contributed by atoms with Gasteiger partial charge in [0.2, 0.25) is 0 Å². The number of hydrogen-bond acceptors (Lipinski definition) is 4. The molecule has 0 aliphatic heterocycles. The normalized spacial score (nSPS) is 21.9. The van der Waals surface area contributed by atoms with Crippen LogP contribution in [0.4, 0.5) is 0 Å². The van der Waals surface area contributed by atoms with Gasteiger partial charge in [0.05, 0.1) is 30.2 Å². The van der Waals surface area contributed by atoms with E-state index in [0.29, 0.717) is 0 Å². The van der Waals surface area contributed by atoms with Crippen molar-refractivity contribution in [2.24, 2.45) is 0 Å². The maximum atomic E-state index is 11.0. The second kappa shape index (κ2) is 13.9. The summed E-state index contributed by atoms with van der Waals surface area (Å²) in [4.78, 5) is 11.0. The number of phosphoric ester groups is 1. The van der Waals surface area contributed by atoms with Gasteiger partial charge in [0.15, 0.2) is 0 Å². The molecule has 0 N–H and O–H groups in total. The van der Waals surface area contributed by atoms with Gasteiger partial charge in [-0.25, -0.2) is 0 Å². The first kappa shape index (κ1) is 26.8. The van der Waals surface area contributed by atoms with Crippen LogP contribution >= 0.6 is 15.1 Å². The van der Waals surface area contributed by atoms with Gasteiger partial charge in [-0.3, -0.25) is 4.57 Å². The zero-order chi connectivity index (χ0) is 21.9. The van der Waals surface area contributed by atoms with Crippen LogP contribution in [-0.2, 0) is 13.6 Å². The van der Waals surface area contributed by atoms with E-state index in [-0.39, 0.29) is 13.2 Å². The summed E-state index contributed by atoms with van der Waals surface area (Å²) >= 11 is 0. The van der Waals surface area contributed by atoms with E-state index in [1.807, 2.05) is 13.8 Å². The molecule has 0 bridgehead atoms. The van der Waals surface area contributed by atoms with Gasteiger partial charge < -0.3 is 13.9 Å². The summed E-state index contributed by atoms with van der Waals surface area (Å²) in [6, 6.07) is 0. The first-order valence-electron chi connectivity index (χ1n) is 12.9. The highest BCUT2D eigenvalue weighted by molar-refractivity contribution is 7.77. The van der Waals surface area contributed by atoms with Crippen LogP contribution in [0.5, 0.6) is 0 Å². The number of phosphoric acid groups is 1. The molecule has 0 spiro atoms. The third-order valence-corrected chi connectivity index (χ3v) is 15.1. The van der Waals surface area contributed by atoms with Crippen molar-refractivity contribution in [2.45, 2.75) is 134 Å². The predicted molar refractivity (Wildman–Crippen MR) is 129 cm³/mol. The molecule has 0 heterocycles. The van der Waals surface area contributed by atoms with Crippen molar-refractivity contribution in [1.82, 2.24) is 0 Å². The summed E-state index contributed by atoms with van der Waals surface area (Å²) in [5.41, 5.74) is 3.61. The van der Waals surface area contributed by atoms with E-state index < -0.39 is 15.1 Å². The van der Waals surface area contributed by atoms with Gasteiger partial charge in [-0.05, 0) is 89.9 Å². The third kappa shape index (κ3) is 8.15. The molecular weight excluding hydrogens is 414 g/mol. The summed E-state index contributed by atoms with van der Waals surface area (Å²) in [5, 5.41) is 0. The molecule has 3 saturated carbocycles. The van der Waals surface area contributed by atoms with Crippen LogP contribution in [0.1, 0.15) is 117 Å². The quantitative estimate of drug-likeness (QED) is 0.235. The monoisotopic (exact) mass is 462 g/mol. The summed E-state index contributed by atoms with van der Waals surface area (Å²) < 4.78 is 20.2. The van der Waals surface area contributed by atoms with Crippen molar-refractivity contribution < 1.29 is 18.5 Å². The minimum atomic E-state index is -4.00. The van der Waals surface area contributed by atoms with Crippen LogP contribution in [-0.4, -0.2) is 36.9 Å². The SMILES string of the molecule is CCCCOP(=O)([O-])OCCCC.C[P+](C1CCCC1)(C1CCCC1)C1CCCC1. The molecule has 0 aromatic carbocycles. The highest BCUT2D eigenvalue weighted by atomic mass is 31.2. The number of rotatable bonds is 11. The van der Waals surface area contributed by atoms with E-state index in [0.717, 1.165) is 25.7 Å². The predicted octanol–water partition coefficient (Wildman–Crippen LogP) is 7.55. The lowest BCUT2D eigenvalue weighted by molar-refractivity contribution is -0.225. The fourth-order valence-corrected chi connectivity index (χ4v) is 13.0. The van der Waals surface area contributed by atoms with Crippen LogP contribution in [0, 0.1) is 0 Å². The van der Waals surface area contributed by atoms with Crippen LogP contribution in [0.2, 0.25) is 0 Å². The Morgan fingerprint density at radius 3 is 1.30 bits per heavy atom. The molecule has 178 valence electrons. The lowest BCUT2D eigenvalue weighted by Gasteiger charge is -2.39. The molecule has 0 unspecified atom stereocenters. The summed E-state index contributed by atoms with van der Waals surface area (Å²) in [7, 11) is -4.61. The lowest BCUT2D eigenvalue weighted by Crippen LogP contribution is -2.27. The van der Waals surface area contributed by atoms with E-state index in [2.05, 4.69) is 15.7 Å². The zero-order valence-electron chi connectivity index (χ0n) is 20.0. The second-order valence-electron chi connectivity index (χ2n) is 9.86. The van der Waals surface area contributed by atoms with Crippen molar-refractivity contribution in [3.8, 4) is 0 Å². The Kier molecular flexibility index (Phi) is 12.5. The molecular formula is C24H48O4P2. The Hall–Kier alpha value is 0.540. The smallest absolute Gasteiger partial charge is 0.267 e. The maximum absolute atomic E-state index is 11.0. The van der Waals surface area contributed by atoms with E-state index >= 15 is 0 Å². The average molecular weight is 463 g/mol. The van der Waals surface area contributed by atoms with E-state index in [9.17, 15) is 9.46 Å². The maximum Gasteiger partial charge on any atom is 0.267 e. The topological polar surface area (TPSA) is 58.6 Å². The largest absolute Gasteiger partial charge is 0.756 e. The molecule has 0 atom stereocenters. The average Bonchev–Trinajstić information content (AvgIpc) is 3.52. The van der Waals surface area contributed by atoms with E-state index in [1.54, 1.807) is 77.0 Å². The zero-order valence-corrected chi connectivity index (χ0v) is 21.8. The van der Waals surface area contributed by atoms with Gasteiger partial charge in [0, 0.05) is 13.9 Å². The molecule has 3 aliphatic carbocycles. The van der Waals surface area contributed by atoms with Gasteiger partial charge in [-0.1, -0.05) is 26.7 Å².